The van der Waals surface area contributed by atoms with Crippen molar-refractivity contribution in [3.05, 3.63) is 88.7 Å². The molecule has 4 N–H and O–H groups in total. The highest BCUT2D eigenvalue weighted by atomic mass is 16.6. The van der Waals surface area contributed by atoms with Crippen molar-refractivity contribution in [1.82, 2.24) is 26.2 Å². The molecule has 1 saturated carbocycles. The third-order valence-electron chi connectivity index (χ3n) is 12.0. The minimum absolute atomic E-state index is 0.0659. The normalized spacial score (nSPS) is 21.6. The summed E-state index contributed by atoms with van der Waals surface area (Å²) in [6, 6.07) is 9.82. The van der Waals surface area contributed by atoms with E-state index in [-0.39, 0.29) is 49.5 Å². The van der Waals surface area contributed by atoms with Crippen LogP contribution in [0.5, 0.6) is 5.75 Å². The topological polar surface area (TPSA) is 189 Å². The first-order valence-electron chi connectivity index (χ1n) is 22.1. The van der Waals surface area contributed by atoms with E-state index in [1.807, 2.05) is 30.4 Å². The number of benzene rings is 2. The molecule has 2 aromatic rings. The first kappa shape index (κ1) is 45.7. The quantitative estimate of drug-likeness (QED) is 0.165. The predicted molar refractivity (Wildman–Crippen MR) is 231 cm³/mol. The summed E-state index contributed by atoms with van der Waals surface area (Å²) in [4.78, 5) is 97.7. The number of carbonyl (C=O) groups is 7. The van der Waals surface area contributed by atoms with E-state index in [0.717, 1.165) is 61.0 Å². The highest BCUT2D eigenvalue weighted by Gasteiger charge is 2.42. The maximum atomic E-state index is 14.9. The van der Waals surface area contributed by atoms with Gasteiger partial charge in [-0.1, -0.05) is 87.6 Å². The van der Waals surface area contributed by atoms with E-state index >= 15 is 0 Å². The van der Waals surface area contributed by atoms with E-state index in [1.165, 1.54) is 4.90 Å². The Balaban J connectivity index is 1.20. The molecule has 0 aromatic heterocycles. The van der Waals surface area contributed by atoms with Crippen molar-refractivity contribution in [2.24, 2.45) is 11.8 Å². The van der Waals surface area contributed by atoms with Gasteiger partial charge in [-0.3, -0.25) is 28.8 Å². The summed E-state index contributed by atoms with van der Waals surface area (Å²) >= 11 is 0. The Morgan fingerprint density at radius 2 is 1.66 bits per heavy atom. The molecule has 0 radical (unpaired) electrons. The SMILES string of the molecule is CCCC(NC(=O)[C@@H]1Cc2ccc3cc2CN1C(=O)C(C1CCCCC1)NC(=O)CCC1=CC=C(O3)C(C)C1)C(=O)C(=O)NCC(=O)N[C@H](C(=O)OC(C)(C)C)c1ccccc1. The Kier molecular flexibility index (Phi) is 15.0. The summed E-state index contributed by atoms with van der Waals surface area (Å²) in [5.74, 6) is -3.28. The van der Waals surface area contributed by atoms with Crippen LogP contribution in [-0.2, 0) is 51.3 Å². The molecule has 5 aliphatic rings. The number of nitrogens with one attached hydrogen (secondary N) is 4. The Morgan fingerprint density at radius 3 is 2.35 bits per heavy atom. The lowest BCUT2D eigenvalue weighted by Gasteiger charge is -2.41. The molecule has 7 rings (SSSR count). The summed E-state index contributed by atoms with van der Waals surface area (Å²) in [7, 11) is 0. The van der Waals surface area contributed by atoms with Gasteiger partial charge in [0.2, 0.25) is 29.4 Å². The van der Waals surface area contributed by atoms with Crippen molar-refractivity contribution in [2.45, 2.75) is 142 Å². The monoisotopic (exact) mass is 851 g/mol. The zero-order chi connectivity index (χ0) is 44.6. The lowest BCUT2D eigenvalue weighted by Crippen LogP contribution is -2.61. The van der Waals surface area contributed by atoms with Gasteiger partial charge in [0.05, 0.1) is 12.6 Å². The number of carbonyl (C=O) groups excluding carboxylic acids is 7. The van der Waals surface area contributed by atoms with Gasteiger partial charge >= 0.3 is 5.97 Å². The van der Waals surface area contributed by atoms with Gasteiger partial charge in [0.1, 0.15) is 29.2 Å². The fourth-order valence-electron chi connectivity index (χ4n) is 8.75. The number of fused-ring (bicyclic) bond motifs is 7. The van der Waals surface area contributed by atoms with Gasteiger partial charge in [0.15, 0.2) is 6.04 Å². The van der Waals surface area contributed by atoms with Gasteiger partial charge in [-0.15, -0.1) is 0 Å². The van der Waals surface area contributed by atoms with E-state index in [1.54, 1.807) is 58.0 Å². The largest absolute Gasteiger partial charge is 0.461 e. The molecular formula is C48H61N5O9. The maximum Gasteiger partial charge on any atom is 0.333 e. The number of amides is 5. The zero-order valence-electron chi connectivity index (χ0n) is 36.6. The second-order valence-electron chi connectivity index (χ2n) is 18.0. The molecule has 62 heavy (non-hydrogen) atoms. The van der Waals surface area contributed by atoms with Crippen molar-refractivity contribution in [1.29, 1.82) is 0 Å². The number of hydrogen-bond donors (Lipinski definition) is 4. The first-order valence-corrected chi connectivity index (χ1v) is 22.1. The van der Waals surface area contributed by atoms with Crippen molar-refractivity contribution in [3.63, 3.8) is 0 Å². The van der Waals surface area contributed by atoms with Gasteiger partial charge in [-0.2, -0.15) is 0 Å². The van der Waals surface area contributed by atoms with Gasteiger partial charge in [-0.25, -0.2) is 4.79 Å². The second kappa shape index (κ2) is 20.4. The van der Waals surface area contributed by atoms with E-state index in [9.17, 15) is 33.6 Å². The summed E-state index contributed by atoms with van der Waals surface area (Å²) in [6.45, 7) is 8.46. The molecule has 5 atom stereocenters. The number of Topliss-reactive ketones (excluding diaryl/α,β-unsaturated/α-hetero) is 1. The number of esters is 1. The molecular weight excluding hydrogens is 791 g/mol. The van der Waals surface area contributed by atoms with Crippen LogP contribution in [0, 0.1) is 11.8 Å². The molecule has 0 spiro atoms. The zero-order valence-corrected chi connectivity index (χ0v) is 36.6. The van der Waals surface area contributed by atoms with Crippen LogP contribution in [0.15, 0.2) is 72.0 Å². The molecule has 1 fully saturated rings. The molecule has 3 unspecified atom stereocenters. The third kappa shape index (κ3) is 11.8. The number of nitrogens with zero attached hydrogens (tertiary/aromatic N) is 1. The fourth-order valence-corrected chi connectivity index (χ4v) is 8.75. The average Bonchev–Trinajstić information content (AvgIpc) is 3.25. The molecule has 0 saturated heterocycles. The van der Waals surface area contributed by atoms with Gasteiger partial charge in [-0.05, 0) is 93.7 Å². The molecule has 3 heterocycles. The van der Waals surface area contributed by atoms with Crippen molar-refractivity contribution in [2.75, 3.05) is 6.54 Å². The van der Waals surface area contributed by atoms with Gasteiger partial charge in [0, 0.05) is 25.3 Å². The van der Waals surface area contributed by atoms with Crippen LogP contribution in [-0.4, -0.2) is 76.5 Å². The fraction of sp³-hybridized carbons (Fsp3) is 0.521. The average molecular weight is 852 g/mol. The van der Waals surface area contributed by atoms with Crippen molar-refractivity contribution in [3.8, 4) is 5.75 Å². The van der Waals surface area contributed by atoms with Crippen molar-refractivity contribution < 1.29 is 43.0 Å². The van der Waals surface area contributed by atoms with Crippen molar-refractivity contribution >= 4 is 41.3 Å². The van der Waals surface area contributed by atoms with Crippen LogP contribution in [0.1, 0.15) is 122 Å². The van der Waals surface area contributed by atoms with E-state index in [4.69, 9.17) is 9.47 Å². The maximum absolute atomic E-state index is 14.9. The molecule has 14 nitrogen and oxygen atoms in total. The van der Waals surface area contributed by atoms with Gasteiger partial charge < -0.3 is 35.6 Å². The summed E-state index contributed by atoms with van der Waals surface area (Å²) in [5.41, 5.74) is 2.41. The van der Waals surface area contributed by atoms with Crippen LogP contribution in [0.2, 0.25) is 0 Å². The highest BCUT2D eigenvalue weighted by molar-refractivity contribution is 6.38. The minimum Gasteiger partial charge on any atom is -0.461 e. The standard InChI is InChI=1S/C48H61N5O9/c1-6-13-36(43(56)45(58)49-27-40(55)52-42(32-16-11-8-12-17-32)47(60)62-48(3,4)5)50-44(57)37-26-33-20-21-35-25-34(33)28-53(37)46(59)41(31-14-9-7-10-15-31)51-39(54)23-19-30-18-22-38(61-35)29(2)24-30/h8,11-12,16-18,20-22,25,29,31,36-37,41-42H,6-7,9-10,13-15,19,23-24,26-28H2,1-5H3,(H,49,58)(H,50,57)(H,51,54)(H,52,55)/t29?,36?,37-,41?,42-/m0/s1. The molecule has 332 valence electrons. The third-order valence-corrected chi connectivity index (χ3v) is 12.0. The number of ketones is 1. The van der Waals surface area contributed by atoms with Crippen LogP contribution < -0.4 is 26.0 Å². The molecule has 5 bridgehead atoms. The first-order chi connectivity index (χ1) is 29.6. The Bertz CT molecular complexity index is 2080. The van der Waals surface area contributed by atoms with Crippen LogP contribution >= 0.6 is 0 Å². The lowest BCUT2D eigenvalue weighted by molar-refractivity contribution is -0.158. The lowest BCUT2D eigenvalue weighted by atomic mass is 9.82. The Morgan fingerprint density at radius 1 is 0.919 bits per heavy atom. The summed E-state index contributed by atoms with van der Waals surface area (Å²) in [6.07, 6.45) is 10.6. The number of hydrogen-bond acceptors (Lipinski definition) is 9. The molecule has 14 heteroatoms. The molecule has 3 aliphatic heterocycles. The number of rotatable bonds is 12. The summed E-state index contributed by atoms with van der Waals surface area (Å²) < 4.78 is 11.9. The molecule has 2 aromatic carbocycles. The van der Waals surface area contributed by atoms with Crippen LogP contribution in [0.3, 0.4) is 0 Å². The highest BCUT2D eigenvalue weighted by Crippen LogP contribution is 2.35. The molecule has 5 amide bonds. The number of ether oxygens (including phenoxy) is 2. The second-order valence-corrected chi connectivity index (χ2v) is 18.0. The van der Waals surface area contributed by atoms with E-state index in [0.29, 0.717) is 24.2 Å². The summed E-state index contributed by atoms with van der Waals surface area (Å²) in [5, 5.41) is 10.8. The van der Waals surface area contributed by atoms with E-state index in [2.05, 4.69) is 28.2 Å². The van der Waals surface area contributed by atoms with Gasteiger partial charge in [0.25, 0.3) is 5.91 Å². The minimum atomic E-state index is -1.26. The van der Waals surface area contributed by atoms with E-state index < -0.39 is 65.8 Å². The van der Waals surface area contributed by atoms with Crippen LogP contribution in [0.4, 0.5) is 0 Å². The Hall–Kier alpha value is -5.79. The predicted octanol–water partition coefficient (Wildman–Crippen LogP) is 5.20. The molecule has 2 aliphatic carbocycles. The van der Waals surface area contributed by atoms with Crippen LogP contribution in [0.25, 0.3) is 0 Å². The smallest absolute Gasteiger partial charge is 0.333 e. The Labute approximate surface area is 364 Å². The number of allylic oxidation sites excluding steroid dienone is 4.